The van der Waals surface area contributed by atoms with Crippen LogP contribution in [0, 0.1) is 0 Å². The Morgan fingerprint density at radius 2 is 1.07 bits per heavy atom. The molecule has 0 radical (unpaired) electrons. The first kappa shape index (κ1) is 26.5. The van der Waals surface area contributed by atoms with Crippen LogP contribution in [0.5, 0.6) is 0 Å². The van der Waals surface area contributed by atoms with Gasteiger partial charge in [0.05, 0.1) is 58.0 Å². The number of hydrogen-bond acceptors (Lipinski definition) is 10. The van der Waals surface area contributed by atoms with Crippen molar-refractivity contribution in [3.63, 3.8) is 0 Å². The monoisotopic (exact) mass is 610 g/mol. The lowest BCUT2D eigenvalue weighted by molar-refractivity contribution is 0.552. The summed E-state index contributed by atoms with van der Waals surface area (Å²) in [6, 6.07) is 15.0. The fourth-order valence-corrected chi connectivity index (χ4v) is 6.71. The molecule has 40 heavy (non-hydrogen) atoms. The second kappa shape index (κ2) is 11.4. The molecule has 0 aliphatic heterocycles. The average Bonchev–Trinajstić information content (AvgIpc) is 3.78. The van der Waals surface area contributed by atoms with Crippen molar-refractivity contribution in [3.05, 3.63) is 71.0 Å². The molecule has 0 N–H and O–H groups in total. The van der Waals surface area contributed by atoms with Crippen LogP contribution in [0.2, 0.25) is 10.0 Å². The Kier molecular flexibility index (Phi) is 7.56. The van der Waals surface area contributed by atoms with Crippen molar-refractivity contribution in [1.29, 1.82) is 0 Å². The van der Waals surface area contributed by atoms with Gasteiger partial charge in [0.1, 0.15) is 10.1 Å². The van der Waals surface area contributed by atoms with Crippen LogP contribution in [0.1, 0.15) is 13.8 Å². The Labute approximate surface area is 246 Å². The molecule has 0 spiro atoms. The minimum absolute atomic E-state index is 0.454. The molecule has 0 amide bonds. The molecule has 0 aliphatic carbocycles. The normalized spacial score (nSPS) is 11.4. The number of aromatic nitrogens is 12. The molecule has 0 saturated carbocycles. The molecule has 6 aromatic rings. The van der Waals surface area contributed by atoms with E-state index in [1.54, 1.807) is 21.8 Å². The lowest BCUT2D eigenvalue weighted by Crippen LogP contribution is -2.01. The molecule has 0 aliphatic rings. The summed E-state index contributed by atoms with van der Waals surface area (Å²) < 4.78 is 3.53. The van der Waals surface area contributed by atoms with E-state index in [-0.39, 0.29) is 0 Å². The van der Waals surface area contributed by atoms with Crippen LogP contribution in [0.4, 0.5) is 0 Å². The summed E-state index contributed by atoms with van der Waals surface area (Å²) in [5.74, 6) is 0.909. The molecule has 0 bridgehead atoms. The standard InChI is InChI=1S/C24H20Cl2N12S2/c1-3-35-31-21(29-33-35)15-13-27-37(19-11-7-5-9-17(19)25)23(15)39-40-24-16(22-30-34-36(4-2)32-22)14-28-38(24)20-12-8-6-10-18(20)26/h5-14H,3-4H2,1-2H3. The third kappa shape index (κ3) is 4.98. The van der Waals surface area contributed by atoms with Crippen molar-refractivity contribution in [3.8, 4) is 34.2 Å². The van der Waals surface area contributed by atoms with Gasteiger partial charge in [0.2, 0.25) is 11.6 Å². The number of halogens is 2. The minimum atomic E-state index is 0.454. The Hall–Kier alpha value is -3.72. The van der Waals surface area contributed by atoms with Crippen LogP contribution in [0.25, 0.3) is 34.2 Å². The highest BCUT2D eigenvalue weighted by Gasteiger charge is 2.24. The van der Waals surface area contributed by atoms with Gasteiger partial charge >= 0.3 is 0 Å². The minimum Gasteiger partial charge on any atom is -0.224 e. The number of nitrogens with zero attached hydrogens (tertiary/aromatic N) is 12. The summed E-state index contributed by atoms with van der Waals surface area (Å²) in [6.45, 7) is 5.08. The van der Waals surface area contributed by atoms with Crippen LogP contribution < -0.4 is 0 Å². The lowest BCUT2D eigenvalue weighted by Gasteiger charge is -2.12. The van der Waals surface area contributed by atoms with Crippen molar-refractivity contribution < 1.29 is 0 Å². The van der Waals surface area contributed by atoms with E-state index >= 15 is 0 Å². The largest absolute Gasteiger partial charge is 0.224 e. The van der Waals surface area contributed by atoms with Crippen LogP contribution in [-0.2, 0) is 13.1 Å². The highest BCUT2D eigenvalue weighted by atomic mass is 35.5. The number of para-hydroxylation sites is 2. The molecule has 16 heteroatoms. The maximum Gasteiger partial charge on any atom is 0.209 e. The second-order valence-corrected chi connectivity index (χ2v) is 11.1. The van der Waals surface area contributed by atoms with Gasteiger partial charge in [-0.2, -0.15) is 19.8 Å². The summed E-state index contributed by atoms with van der Waals surface area (Å²) in [6.07, 6.45) is 3.42. The third-order valence-electron chi connectivity index (χ3n) is 5.76. The van der Waals surface area contributed by atoms with E-state index in [0.717, 1.165) is 10.1 Å². The highest BCUT2D eigenvalue weighted by Crippen LogP contribution is 2.46. The fraction of sp³-hybridized carbons (Fsp3) is 0.167. The predicted molar refractivity (Wildman–Crippen MR) is 154 cm³/mol. The third-order valence-corrected chi connectivity index (χ3v) is 8.79. The maximum atomic E-state index is 6.58. The van der Waals surface area contributed by atoms with Crippen molar-refractivity contribution in [1.82, 2.24) is 60.0 Å². The predicted octanol–water partition coefficient (Wildman–Crippen LogP) is 5.51. The molecule has 0 unspecified atom stereocenters. The van der Waals surface area contributed by atoms with Crippen molar-refractivity contribution in [2.45, 2.75) is 37.0 Å². The number of tetrazole rings is 2. The molecule has 4 aromatic heterocycles. The molecule has 12 nitrogen and oxygen atoms in total. The van der Waals surface area contributed by atoms with Gasteiger partial charge in [-0.15, -0.1) is 20.4 Å². The molecule has 0 fully saturated rings. The van der Waals surface area contributed by atoms with Crippen molar-refractivity contribution >= 4 is 44.8 Å². The Morgan fingerprint density at radius 3 is 1.45 bits per heavy atom. The van der Waals surface area contributed by atoms with E-state index in [2.05, 4.69) is 41.0 Å². The zero-order valence-corrected chi connectivity index (χ0v) is 24.3. The fourth-order valence-electron chi connectivity index (χ4n) is 3.78. The number of aryl methyl sites for hydroxylation is 2. The highest BCUT2D eigenvalue weighted by molar-refractivity contribution is 8.76. The number of hydrogen-bond donors (Lipinski definition) is 0. The SMILES string of the molecule is CCn1nnc(-c2cnn(-c3ccccc3Cl)c2SSc2c(-c3nnn(CC)n3)cnn2-c2ccccc2Cl)n1. The second-order valence-electron chi connectivity index (χ2n) is 8.22. The van der Waals surface area contributed by atoms with Gasteiger partial charge in [-0.1, -0.05) is 47.5 Å². The van der Waals surface area contributed by atoms with Crippen molar-refractivity contribution in [2.24, 2.45) is 0 Å². The van der Waals surface area contributed by atoms with E-state index in [9.17, 15) is 0 Å². The lowest BCUT2D eigenvalue weighted by atomic mass is 10.3. The summed E-state index contributed by atoms with van der Waals surface area (Å²) in [4.78, 5) is 3.05. The Bertz CT molecular complexity index is 1660. The smallest absolute Gasteiger partial charge is 0.209 e. The van der Waals surface area contributed by atoms with Gasteiger partial charge in [0.15, 0.2) is 0 Å². The van der Waals surface area contributed by atoms with E-state index < -0.39 is 0 Å². The average molecular weight is 612 g/mol. The zero-order chi connectivity index (χ0) is 27.6. The van der Waals surface area contributed by atoms with Gasteiger partial charge < -0.3 is 0 Å². The van der Waals surface area contributed by atoms with Crippen LogP contribution in [0.3, 0.4) is 0 Å². The zero-order valence-electron chi connectivity index (χ0n) is 21.1. The van der Waals surface area contributed by atoms with Crippen LogP contribution in [0.15, 0.2) is 71.0 Å². The summed E-state index contributed by atoms with van der Waals surface area (Å²) in [7, 11) is 2.89. The molecule has 0 atom stereocenters. The van der Waals surface area contributed by atoms with Crippen LogP contribution in [-0.4, -0.2) is 60.0 Å². The first-order valence-corrected chi connectivity index (χ1v) is 15.0. The van der Waals surface area contributed by atoms with Gasteiger partial charge in [0, 0.05) is 0 Å². The number of benzene rings is 2. The number of rotatable bonds is 9. The molecular weight excluding hydrogens is 591 g/mol. The van der Waals surface area contributed by atoms with E-state index in [0.29, 0.717) is 57.3 Å². The molecule has 202 valence electrons. The van der Waals surface area contributed by atoms with Crippen LogP contribution >= 0.6 is 44.8 Å². The summed E-state index contributed by atoms with van der Waals surface area (Å²) in [5.41, 5.74) is 2.85. The topological polar surface area (TPSA) is 123 Å². The van der Waals surface area contributed by atoms with Gasteiger partial charge in [-0.25, -0.2) is 9.36 Å². The molecule has 4 heterocycles. The Morgan fingerprint density at radius 1 is 0.650 bits per heavy atom. The summed E-state index contributed by atoms with van der Waals surface area (Å²) in [5, 5.41) is 37.7. The first-order valence-electron chi connectivity index (χ1n) is 12.1. The van der Waals surface area contributed by atoms with Gasteiger partial charge in [-0.3, -0.25) is 0 Å². The summed E-state index contributed by atoms with van der Waals surface area (Å²) >= 11 is 13.2. The molecule has 6 rings (SSSR count). The quantitative estimate of drug-likeness (QED) is 0.193. The van der Waals surface area contributed by atoms with Crippen molar-refractivity contribution in [2.75, 3.05) is 0 Å². The Balaban J connectivity index is 1.46. The molecule has 0 saturated heterocycles. The maximum absolute atomic E-state index is 6.58. The molecular formula is C24H20Cl2N12S2. The van der Waals surface area contributed by atoms with Gasteiger partial charge in [0.25, 0.3) is 0 Å². The first-order chi connectivity index (χ1) is 19.6. The van der Waals surface area contributed by atoms with Gasteiger partial charge in [-0.05, 0) is 70.1 Å². The van der Waals surface area contributed by atoms with E-state index in [1.807, 2.05) is 62.4 Å². The molecule has 2 aromatic carbocycles. The van der Waals surface area contributed by atoms with E-state index in [1.165, 1.54) is 31.2 Å². The van der Waals surface area contributed by atoms with E-state index in [4.69, 9.17) is 23.2 Å².